The summed E-state index contributed by atoms with van der Waals surface area (Å²) in [7, 11) is 1.34. The lowest BCUT2D eigenvalue weighted by Crippen LogP contribution is -2.40. The first-order valence-corrected chi connectivity index (χ1v) is 7.01. The summed E-state index contributed by atoms with van der Waals surface area (Å²) in [6.07, 6.45) is 0.981. The smallest absolute Gasteiger partial charge is 0.307 e. The molecule has 1 atom stereocenters. The van der Waals surface area contributed by atoms with Crippen molar-refractivity contribution in [3.8, 4) is 0 Å². The second-order valence-corrected chi connectivity index (χ2v) is 4.97. The van der Waals surface area contributed by atoms with E-state index in [9.17, 15) is 9.59 Å². The van der Waals surface area contributed by atoms with Gasteiger partial charge in [-0.15, -0.1) is 0 Å². The number of benzene rings is 1. The molecule has 0 aromatic heterocycles. The lowest BCUT2D eigenvalue weighted by molar-refractivity contribution is -0.140. The van der Waals surface area contributed by atoms with Crippen LogP contribution >= 0.6 is 11.6 Å². The first-order valence-electron chi connectivity index (χ1n) is 6.63. The van der Waals surface area contributed by atoms with Crippen LogP contribution in [0.5, 0.6) is 0 Å². The number of methoxy groups -OCH3 is 1. The molecule has 0 N–H and O–H groups in total. The molecule has 0 heterocycles. The molecule has 1 aromatic carbocycles. The van der Waals surface area contributed by atoms with Crippen molar-refractivity contribution in [2.75, 3.05) is 13.7 Å². The number of esters is 1. The van der Waals surface area contributed by atoms with Crippen LogP contribution in [0.3, 0.4) is 0 Å². The molecular weight excluding hydrogens is 278 g/mol. The van der Waals surface area contributed by atoms with Crippen molar-refractivity contribution in [2.45, 2.75) is 32.7 Å². The summed E-state index contributed by atoms with van der Waals surface area (Å²) in [5.41, 5.74) is 0.458. The molecule has 0 saturated carbocycles. The van der Waals surface area contributed by atoms with Gasteiger partial charge in [-0.2, -0.15) is 0 Å². The fourth-order valence-corrected chi connectivity index (χ4v) is 2.06. The second kappa shape index (κ2) is 7.90. The lowest BCUT2D eigenvalue weighted by Gasteiger charge is -2.28. The number of carbonyl (C=O) groups excluding carboxylic acids is 2. The third kappa shape index (κ3) is 4.23. The van der Waals surface area contributed by atoms with Crippen molar-refractivity contribution in [3.05, 3.63) is 34.9 Å². The monoisotopic (exact) mass is 297 g/mol. The van der Waals surface area contributed by atoms with Crippen molar-refractivity contribution < 1.29 is 14.3 Å². The molecule has 110 valence electrons. The summed E-state index contributed by atoms with van der Waals surface area (Å²) in [5.74, 6) is -0.487. The number of amides is 1. The van der Waals surface area contributed by atoms with Gasteiger partial charge in [-0.1, -0.05) is 30.7 Å². The Balaban J connectivity index is 2.90. The number of ether oxygens (including phenoxy) is 1. The second-order valence-electron chi connectivity index (χ2n) is 4.56. The van der Waals surface area contributed by atoms with Crippen LogP contribution in [0, 0.1) is 0 Å². The molecule has 1 amide bonds. The Morgan fingerprint density at radius 3 is 2.55 bits per heavy atom. The summed E-state index contributed by atoms with van der Waals surface area (Å²) < 4.78 is 4.62. The molecule has 0 saturated heterocycles. The minimum absolute atomic E-state index is 0.0310. The van der Waals surface area contributed by atoms with E-state index in [0.29, 0.717) is 17.1 Å². The zero-order chi connectivity index (χ0) is 15.1. The van der Waals surface area contributed by atoms with E-state index < -0.39 is 0 Å². The summed E-state index contributed by atoms with van der Waals surface area (Å²) in [4.78, 5) is 25.5. The predicted octanol–water partition coefficient (Wildman–Crippen LogP) is 3.14. The SMILES string of the molecule is CCC(C)N(CCC(=O)OC)C(=O)c1ccccc1Cl. The normalized spacial score (nSPS) is 11.8. The molecular formula is C15H20ClNO3. The van der Waals surface area contributed by atoms with Crippen molar-refractivity contribution in [2.24, 2.45) is 0 Å². The Kier molecular flexibility index (Phi) is 6.52. The van der Waals surface area contributed by atoms with Gasteiger partial charge in [0.25, 0.3) is 5.91 Å². The third-order valence-corrected chi connectivity index (χ3v) is 3.60. The summed E-state index contributed by atoms with van der Waals surface area (Å²) in [6.45, 7) is 4.27. The van der Waals surface area contributed by atoms with Gasteiger partial charge < -0.3 is 9.64 Å². The van der Waals surface area contributed by atoms with E-state index in [-0.39, 0.29) is 24.3 Å². The van der Waals surface area contributed by atoms with Crippen molar-refractivity contribution in [1.29, 1.82) is 0 Å². The molecule has 1 rings (SSSR count). The van der Waals surface area contributed by atoms with E-state index in [2.05, 4.69) is 4.74 Å². The van der Waals surface area contributed by atoms with E-state index in [0.717, 1.165) is 6.42 Å². The van der Waals surface area contributed by atoms with E-state index >= 15 is 0 Å². The van der Waals surface area contributed by atoms with Crippen LogP contribution in [0.2, 0.25) is 5.02 Å². The zero-order valence-electron chi connectivity index (χ0n) is 12.1. The molecule has 1 aromatic rings. The number of hydrogen-bond acceptors (Lipinski definition) is 3. The molecule has 5 heteroatoms. The van der Waals surface area contributed by atoms with Gasteiger partial charge in [0, 0.05) is 12.6 Å². The van der Waals surface area contributed by atoms with Gasteiger partial charge in [0.15, 0.2) is 0 Å². The van der Waals surface area contributed by atoms with Crippen molar-refractivity contribution >= 4 is 23.5 Å². The minimum Gasteiger partial charge on any atom is -0.469 e. The molecule has 0 bridgehead atoms. The maximum absolute atomic E-state index is 12.6. The summed E-state index contributed by atoms with van der Waals surface area (Å²) in [5, 5.41) is 0.420. The molecule has 0 radical (unpaired) electrons. The molecule has 0 spiro atoms. The minimum atomic E-state index is -0.328. The van der Waals surface area contributed by atoms with E-state index in [4.69, 9.17) is 11.6 Å². The summed E-state index contributed by atoms with van der Waals surface area (Å²) in [6, 6.07) is 6.96. The molecule has 0 aliphatic heterocycles. The molecule has 0 fully saturated rings. The molecule has 4 nitrogen and oxygen atoms in total. The van der Waals surface area contributed by atoms with Gasteiger partial charge in [-0.25, -0.2) is 0 Å². The quantitative estimate of drug-likeness (QED) is 0.758. The lowest BCUT2D eigenvalue weighted by atomic mass is 10.1. The van der Waals surface area contributed by atoms with Gasteiger partial charge in [-0.05, 0) is 25.5 Å². The van der Waals surface area contributed by atoms with Gasteiger partial charge >= 0.3 is 5.97 Å². The average molecular weight is 298 g/mol. The van der Waals surface area contributed by atoms with Crippen LogP contribution in [0.15, 0.2) is 24.3 Å². The highest BCUT2D eigenvalue weighted by Crippen LogP contribution is 2.19. The Morgan fingerprint density at radius 2 is 2.00 bits per heavy atom. The topological polar surface area (TPSA) is 46.6 Å². The molecule has 1 unspecified atom stereocenters. The zero-order valence-corrected chi connectivity index (χ0v) is 12.8. The molecule has 0 aliphatic rings. The van der Waals surface area contributed by atoms with Crippen molar-refractivity contribution in [1.82, 2.24) is 4.90 Å². The number of halogens is 1. The Morgan fingerprint density at radius 1 is 1.35 bits per heavy atom. The largest absolute Gasteiger partial charge is 0.469 e. The molecule has 0 aliphatic carbocycles. The number of hydrogen-bond donors (Lipinski definition) is 0. The summed E-state index contributed by atoms with van der Waals surface area (Å²) >= 11 is 6.06. The Bertz CT molecular complexity index is 476. The highest BCUT2D eigenvalue weighted by molar-refractivity contribution is 6.33. The number of rotatable bonds is 6. The highest BCUT2D eigenvalue weighted by atomic mass is 35.5. The van der Waals surface area contributed by atoms with Crippen LogP contribution in [0.4, 0.5) is 0 Å². The number of nitrogens with zero attached hydrogens (tertiary/aromatic N) is 1. The van der Waals surface area contributed by atoms with E-state index in [1.165, 1.54) is 7.11 Å². The van der Waals surface area contributed by atoms with Crippen LogP contribution in [0.25, 0.3) is 0 Å². The number of carbonyl (C=O) groups is 2. The average Bonchev–Trinajstić information content (AvgIpc) is 2.46. The van der Waals surface area contributed by atoms with Crippen LogP contribution in [-0.2, 0) is 9.53 Å². The van der Waals surface area contributed by atoms with Gasteiger partial charge in [0.05, 0.1) is 24.1 Å². The van der Waals surface area contributed by atoms with Crippen LogP contribution in [-0.4, -0.2) is 36.5 Å². The highest BCUT2D eigenvalue weighted by Gasteiger charge is 2.22. The molecule has 20 heavy (non-hydrogen) atoms. The van der Waals surface area contributed by atoms with E-state index in [1.807, 2.05) is 13.8 Å². The first kappa shape index (κ1) is 16.5. The Labute approximate surface area is 124 Å². The predicted molar refractivity (Wildman–Crippen MR) is 78.9 cm³/mol. The van der Waals surface area contributed by atoms with Crippen LogP contribution < -0.4 is 0 Å². The standard InChI is InChI=1S/C15H20ClNO3/c1-4-11(2)17(10-9-14(18)20-3)15(19)12-7-5-6-8-13(12)16/h5-8,11H,4,9-10H2,1-3H3. The fraction of sp³-hybridized carbons (Fsp3) is 0.467. The Hall–Kier alpha value is -1.55. The van der Waals surface area contributed by atoms with Gasteiger partial charge in [0.2, 0.25) is 0 Å². The maximum Gasteiger partial charge on any atom is 0.307 e. The first-order chi connectivity index (χ1) is 9.51. The fourth-order valence-electron chi connectivity index (χ4n) is 1.85. The third-order valence-electron chi connectivity index (χ3n) is 3.27. The van der Waals surface area contributed by atoms with Crippen molar-refractivity contribution in [3.63, 3.8) is 0 Å². The van der Waals surface area contributed by atoms with Crippen LogP contribution in [0.1, 0.15) is 37.0 Å². The van der Waals surface area contributed by atoms with E-state index in [1.54, 1.807) is 29.2 Å². The maximum atomic E-state index is 12.6. The van der Waals surface area contributed by atoms with Gasteiger partial charge in [-0.3, -0.25) is 9.59 Å². The van der Waals surface area contributed by atoms with Gasteiger partial charge in [0.1, 0.15) is 0 Å².